The average Bonchev–Trinajstić information content (AvgIpc) is 3.43. The van der Waals surface area contributed by atoms with Gasteiger partial charge in [-0.1, -0.05) is 19.9 Å². The van der Waals surface area contributed by atoms with Gasteiger partial charge in [-0.05, 0) is 87.9 Å². The summed E-state index contributed by atoms with van der Waals surface area (Å²) in [6.07, 6.45) is 7.91. The molecule has 2 aliphatic heterocycles. The van der Waals surface area contributed by atoms with E-state index in [-0.39, 0.29) is 106 Å². The summed E-state index contributed by atoms with van der Waals surface area (Å²) in [6.45, 7) is 8.68. The molecule has 0 aliphatic carbocycles. The van der Waals surface area contributed by atoms with Gasteiger partial charge in [0, 0.05) is 63.9 Å². The SMILES string of the molecule is CCC1(C)C(C=C/C=C2/N(CCCCS(=O)(=O)[O-])c3ccc(S(=O)(=O)[O-])cc3C2(C)CC)=[N+](CCCCS(=O)(=O)[O-])c2ccc(SOO[O-])cc21.[Na+].[Na+].[Na+]. The molecule has 2 aromatic rings. The average molecular weight is 855 g/mol. The van der Waals surface area contributed by atoms with Gasteiger partial charge in [0.25, 0.3) is 0 Å². The van der Waals surface area contributed by atoms with Gasteiger partial charge >= 0.3 is 88.7 Å². The van der Waals surface area contributed by atoms with Crippen molar-refractivity contribution in [3.05, 3.63) is 71.5 Å². The largest absolute Gasteiger partial charge is 1.00 e. The molecule has 0 aromatic heterocycles. The van der Waals surface area contributed by atoms with Crippen molar-refractivity contribution < 1.29 is 147 Å². The van der Waals surface area contributed by atoms with Crippen molar-refractivity contribution in [2.24, 2.45) is 0 Å². The summed E-state index contributed by atoms with van der Waals surface area (Å²) < 4.78 is 110. The molecule has 14 nitrogen and oxygen atoms in total. The van der Waals surface area contributed by atoms with Crippen molar-refractivity contribution >= 4 is 59.5 Å². The van der Waals surface area contributed by atoms with E-state index < -0.39 is 52.7 Å². The van der Waals surface area contributed by atoms with Crippen LogP contribution >= 0.6 is 12.0 Å². The Balaban J connectivity index is 0.00000486. The molecule has 0 bridgehead atoms. The maximum atomic E-state index is 12.0. The number of rotatable bonds is 18. The quantitative estimate of drug-likeness (QED) is 0.0261. The number of allylic oxidation sites excluding steroid dienone is 4. The van der Waals surface area contributed by atoms with Crippen molar-refractivity contribution in [1.82, 2.24) is 0 Å². The number of nitrogens with zero attached hydrogens (tertiary/aromatic N) is 2. The Morgan fingerprint density at radius 3 is 1.98 bits per heavy atom. The molecule has 0 saturated heterocycles. The second-order valence-electron chi connectivity index (χ2n) is 12.9. The smallest absolute Gasteiger partial charge is 0.748 e. The normalized spacial score (nSPS) is 20.4. The first-order valence-corrected chi connectivity index (χ1v) is 21.7. The van der Waals surface area contributed by atoms with Crippen molar-refractivity contribution in [1.29, 1.82) is 0 Å². The van der Waals surface area contributed by atoms with Crippen LogP contribution in [0.5, 0.6) is 0 Å². The van der Waals surface area contributed by atoms with Crippen LogP contribution in [0.25, 0.3) is 0 Å². The minimum atomic E-state index is -4.75. The zero-order chi connectivity index (χ0) is 37.8. The number of benzene rings is 2. The number of anilines is 1. The minimum absolute atomic E-state index is 0. The molecule has 0 saturated carbocycles. The number of unbranched alkanes of at least 4 members (excludes halogenated alkanes) is 2. The summed E-state index contributed by atoms with van der Waals surface area (Å²) >= 11 is 0.762. The molecule has 0 amide bonds. The molecular formula is C33H41N2Na3O12S4. The summed E-state index contributed by atoms with van der Waals surface area (Å²) in [4.78, 5) is 2.21. The van der Waals surface area contributed by atoms with Crippen LogP contribution in [0.15, 0.2) is 70.1 Å². The molecule has 0 spiro atoms. The molecule has 2 heterocycles. The van der Waals surface area contributed by atoms with E-state index in [9.17, 15) is 44.2 Å². The van der Waals surface area contributed by atoms with Crippen LogP contribution in [0.2, 0.25) is 0 Å². The summed E-state index contributed by atoms with van der Waals surface area (Å²) in [5.41, 5.74) is 3.43. The standard InChI is InChI=1S/C33H44N2O12S4.3Na/c1-5-32(3)26-22-24(48-47-46-36)14-16-28(26)34(18-7-9-20-49(37,38)39)30(32)12-11-13-31-33(4,6-2)27-23-25(51(43,44)45)15-17-29(27)35(31)19-8-10-21-50(40,41)42;;;/h11-17,22-23H,5-10,18-21H2,1-4H3,(H3-,36,37,38,39,40,41,42,43,44,45);;;/q;3*+1/p-3. The number of fused-ring (bicyclic) bond motifs is 2. The van der Waals surface area contributed by atoms with Crippen LogP contribution in [-0.4, -0.2) is 73.8 Å². The molecule has 2 unspecified atom stereocenters. The van der Waals surface area contributed by atoms with Crippen molar-refractivity contribution in [2.75, 3.05) is 29.5 Å². The second kappa shape index (κ2) is 21.6. The van der Waals surface area contributed by atoms with E-state index in [4.69, 9.17) is 0 Å². The fraction of sp³-hybridized carbons (Fsp3) is 0.485. The van der Waals surface area contributed by atoms with E-state index in [2.05, 4.69) is 20.9 Å². The predicted octanol–water partition coefficient (Wildman–Crippen LogP) is -5.12. The first-order valence-electron chi connectivity index (χ1n) is 16.4. The van der Waals surface area contributed by atoms with Gasteiger partial charge in [0.05, 0.1) is 42.6 Å². The topological polar surface area (TPSA) is 219 Å². The first-order chi connectivity index (χ1) is 23.8. The van der Waals surface area contributed by atoms with Gasteiger partial charge < -0.3 is 23.8 Å². The van der Waals surface area contributed by atoms with Crippen LogP contribution in [0.4, 0.5) is 11.4 Å². The van der Waals surface area contributed by atoms with E-state index in [1.165, 1.54) is 12.1 Å². The zero-order valence-electron chi connectivity index (χ0n) is 31.7. The van der Waals surface area contributed by atoms with Crippen LogP contribution in [0.3, 0.4) is 0 Å². The molecule has 2 atom stereocenters. The van der Waals surface area contributed by atoms with Gasteiger partial charge in [-0.2, -0.15) is 8.91 Å². The minimum Gasteiger partial charge on any atom is -0.748 e. The molecule has 282 valence electrons. The third-order valence-electron chi connectivity index (χ3n) is 9.84. The van der Waals surface area contributed by atoms with Crippen LogP contribution < -0.4 is 98.8 Å². The van der Waals surface area contributed by atoms with Gasteiger partial charge in [0.1, 0.15) is 16.7 Å². The Bertz CT molecular complexity index is 2060. The first kappa shape index (κ1) is 52.4. The summed E-state index contributed by atoms with van der Waals surface area (Å²) in [6, 6.07) is 9.73. The van der Waals surface area contributed by atoms with Gasteiger partial charge in [-0.3, -0.25) is 5.04 Å². The molecule has 0 fully saturated rings. The van der Waals surface area contributed by atoms with Crippen LogP contribution in [0.1, 0.15) is 77.3 Å². The van der Waals surface area contributed by atoms with Crippen molar-refractivity contribution in [2.45, 2.75) is 86.8 Å². The summed E-state index contributed by atoms with van der Waals surface area (Å²) in [5, 5.41) is 14.0. The predicted molar refractivity (Wildman–Crippen MR) is 186 cm³/mol. The van der Waals surface area contributed by atoms with Gasteiger partial charge in [0.15, 0.2) is 5.71 Å². The summed E-state index contributed by atoms with van der Waals surface area (Å²) in [5.74, 6) is -1.01. The Morgan fingerprint density at radius 2 is 1.43 bits per heavy atom. The molecule has 0 N–H and O–H groups in total. The second-order valence-corrected chi connectivity index (χ2v) is 18.1. The van der Waals surface area contributed by atoms with Crippen molar-refractivity contribution in [3.63, 3.8) is 0 Å². The van der Waals surface area contributed by atoms with Crippen molar-refractivity contribution in [3.8, 4) is 0 Å². The summed E-state index contributed by atoms with van der Waals surface area (Å²) in [7, 11) is -13.5. The third kappa shape index (κ3) is 12.7. The Labute approximate surface area is 389 Å². The number of hydrogen-bond donors (Lipinski definition) is 0. The van der Waals surface area contributed by atoms with Crippen LogP contribution in [0, 0.1) is 0 Å². The van der Waals surface area contributed by atoms with E-state index >= 15 is 0 Å². The maximum Gasteiger partial charge on any atom is 1.00 e. The molecule has 2 aromatic carbocycles. The van der Waals surface area contributed by atoms with Crippen LogP contribution in [-0.2, 0) is 50.6 Å². The third-order valence-corrected chi connectivity index (χ3v) is 12.8. The molecule has 54 heavy (non-hydrogen) atoms. The molecule has 4 rings (SSSR count). The van der Waals surface area contributed by atoms with E-state index in [0.717, 1.165) is 34.7 Å². The Morgan fingerprint density at radius 1 is 0.815 bits per heavy atom. The number of hydrogen-bond acceptors (Lipinski definition) is 14. The van der Waals surface area contributed by atoms with E-state index in [1.807, 2.05) is 56.0 Å². The fourth-order valence-electron chi connectivity index (χ4n) is 6.88. The fourth-order valence-corrected chi connectivity index (χ4v) is 8.89. The van der Waals surface area contributed by atoms with E-state index in [0.29, 0.717) is 54.9 Å². The van der Waals surface area contributed by atoms with Gasteiger partial charge in [-0.25, -0.2) is 25.3 Å². The monoisotopic (exact) mass is 854 g/mol. The Kier molecular flexibility index (Phi) is 20.9. The molecule has 0 radical (unpaired) electrons. The zero-order valence-corrected chi connectivity index (χ0v) is 41.0. The van der Waals surface area contributed by atoms with Gasteiger partial charge in [-0.15, -0.1) is 0 Å². The Hall–Kier alpha value is 0.350. The maximum absolute atomic E-state index is 12.0. The van der Waals surface area contributed by atoms with Gasteiger partial charge in [0.2, 0.25) is 5.69 Å². The molecule has 2 aliphatic rings. The van der Waals surface area contributed by atoms with E-state index in [1.54, 1.807) is 12.1 Å². The molecule has 21 heteroatoms. The molecular weight excluding hydrogens is 814 g/mol.